The van der Waals surface area contributed by atoms with E-state index in [1.165, 1.54) is 18.6 Å². The summed E-state index contributed by atoms with van der Waals surface area (Å²) < 4.78 is 0.480. The van der Waals surface area contributed by atoms with Crippen LogP contribution in [0.4, 0.5) is 0 Å². The van der Waals surface area contributed by atoms with E-state index < -0.39 is 0 Å². The lowest BCUT2D eigenvalue weighted by Gasteiger charge is -2.27. The van der Waals surface area contributed by atoms with Gasteiger partial charge in [-0.3, -0.25) is 0 Å². The van der Waals surface area contributed by atoms with E-state index in [9.17, 15) is 0 Å². The third-order valence-corrected chi connectivity index (χ3v) is 4.10. The Morgan fingerprint density at radius 2 is 2.27 bits per heavy atom. The first kappa shape index (κ1) is 9.40. The number of hydrogen-bond donors (Lipinski definition) is 1. The molecule has 0 spiro atoms. The fourth-order valence-electron chi connectivity index (χ4n) is 1.78. The van der Waals surface area contributed by atoms with Gasteiger partial charge in [0.15, 0.2) is 0 Å². The zero-order valence-electron chi connectivity index (χ0n) is 7.76. The van der Waals surface area contributed by atoms with Crippen molar-refractivity contribution in [3.8, 4) is 0 Å². The van der Waals surface area contributed by atoms with Crippen LogP contribution in [0.25, 0.3) is 0 Å². The average molecular weight is 173 g/mol. The minimum Gasteiger partial charge on any atom is -0.328 e. The maximum atomic E-state index is 5.78. The zero-order valence-corrected chi connectivity index (χ0v) is 8.58. The van der Waals surface area contributed by atoms with Gasteiger partial charge in [-0.2, -0.15) is 11.8 Å². The molecule has 0 bridgehead atoms. The van der Waals surface area contributed by atoms with Crippen molar-refractivity contribution in [1.82, 2.24) is 0 Å². The summed E-state index contributed by atoms with van der Waals surface area (Å²) >= 11 is 2.09. The molecule has 2 heteroatoms. The third kappa shape index (κ3) is 2.38. The second-order valence-corrected chi connectivity index (χ2v) is 5.90. The van der Waals surface area contributed by atoms with E-state index in [4.69, 9.17) is 5.73 Å². The fourth-order valence-corrected chi connectivity index (χ4v) is 3.16. The Bertz CT molecular complexity index is 132. The molecule has 0 aromatic carbocycles. The van der Waals surface area contributed by atoms with E-state index in [0.717, 1.165) is 5.92 Å². The highest BCUT2D eigenvalue weighted by atomic mass is 32.2. The number of nitrogens with two attached hydrogens (primary N) is 1. The van der Waals surface area contributed by atoms with Gasteiger partial charge in [0.25, 0.3) is 0 Å². The maximum Gasteiger partial charge on any atom is 0.0132 e. The normalized spacial score (nSPS) is 32.2. The van der Waals surface area contributed by atoms with Crippen LogP contribution in [0.5, 0.6) is 0 Å². The number of thioether (sulfide) groups is 1. The molecular weight excluding hydrogens is 154 g/mol. The van der Waals surface area contributed by atoms with Crippen molar-refractivity contribution >= 4 is 11.8 Å². The highest BCUT2D eigenvalue weighted by Crippen LogP contribution is 2.44. The SMILES string of the molecule is C[C@H](N)CC1CCSC1(C)C. The Labute approximate surface area is 74.1 Å². The Morgan fingerprint density at radius 3 is 2.64 bits per heavy atom. The van der Waals surface area contributed by atoms with Crippen LogP contribution in [0.2, 0.25) is 0 Å². The molecule has 1 saturated heterocycles. The van der Waals surface area contributed by atoms with Gasteiger partial charge in [-0.05, 0) is 31.4 Å². The smallest absolute Gasteiger partial charge is 0.0132 e. The van der Waals surface area contributed by atoms with Gasteiger partial charge in [0.1, 0.15) is 0 Å². The van der Waals surface area contributed by atoms with Crippen LogP contribution in [0, 0.1) is 5.92 Å². The summed E-state index contributed by atoms with van der Waals surface area (Å²) in [4.78, 5) is 0. The summed E-state index contributed by atoms with van der Waals surface area (Å²) in [6, 6.07) is 0.373. The monoisotopic (exact) mass is 173 g/mol. The van der Waals surface area contributed by atoms with Gasteiger partial charge >= 0.3 is 0 Å². The molecule has 0 aromatic rings. The van der Waals surface area contributed by atoms with Gasteiger partial charge < -0.3 is 5.73 Å². The van der Waals surface area contributed by atoms with Crippen LogP contribution in [0.1, 0.15) is 33.6 Å². The van der Waals surface area contributed by atoms with Crippen LogP contribution < -0.4 is 5.73 Å². The summed E-state index contributed by atoms with van der Waals surface area (Å²) in [6.07, 6.45) is 2.55. The minimum absolute atomic E-state index is 0.373. The van der Waals surface area contributed by atoms with E-state index in [0.29, 0.717) is 10.8 Å². The second-order valence-electron chi connectivity index (χ2n) is 4.15. The summed E-state index contributed by atoms with van der Waals surface area (Å²) in [5.74, 6) is 2.16. The molecule has 0 aromatic heterocycles. The lowest BCUT2D eigenvalue weighted by Crippen LogP contribution is -2.28. The van der Waals surface area contributed by atoms with E-state index in [-0.39, 0.29) is 0 Å². The quantitative estimate of drug-likeness (QED) is 0.693. The molecule has 2 N–H and O–H groups in total. The lowest BCUT2D eigenvalue weighted by atomic mass is 9.87. The lowest BCUT2D eigenvalue weighted by molar-refractivity contribution is 0.380. The summed E-state index contributed by atoms with van der Waals surface area (Å²) in [5, 5.41) is 0. The molecule has 0 aliphatic carbocycles. The molecule has 1 unspecified atom stereocenters. The maximum absolute atomic E-state index is 5.78. The molecule has 2 atom stereocenters. The van der Waals surface area contributed by atoms with Gasteiger partial charge in [-0.1, -0.05) is 13.8 Å². The summed E-state index contributed by atoms with van der Waals surface area (Å²) in [5.41, 5.74) is 5.78. The van der Waals surface area contributed by atoms with Crippen molar-refractivity contribution in [2.45, 2.75) is 44.4 Å². The van der Waals surface area contributed by atoms with E-state index in [1.54, 1.807) is 0 Å². The van der Waals surface area contributed by atoms with E-state index in [2.05, 4.69) is 32.5 Å². The summed E-state index contributed by atoms with van der Waals surface area (Å²) in [7, 11) is 0. The Kier molecular flexibility index (Phi) is 2.87. The molecule has 1 heterocycles. The van der Waals surface area contributed by atoms with Crippen molar-refractivity contribution in [3.05, 3.63) is 0 Å². The largest absolute Gasteiger partial charge is 0.328 e. The van der Waals surface area contributed by atoms with Crippen molar-refractivity contribution in [2.24, 2.45) is 11.7 Å². The molecule has 0 amide bonds. The van der Waals surface area contributed by atoms with Gasteiger partial charge in [-0.15, -0.1) is 0 Å². The molecule has 1 aliphatic rings. The van der Waals surface area contributed by atoms with E-state index >= 15 is 0 Å². The Morgan fingerprint density at radius 1 is 1.64 bits per heavy atom. The van der Waals surface area contributed by atoms with Gasteiger partial charge in [0.05, 0.1) is 0 Å². The van der Waals surface area contributed by atoms with Crippen LogP contribution in [-0.4, -0.2) is 16.5 Å². The zero-order chi connectivity index (χ0) is 8.48. The Balaban J connectivity index is 2.45. The number of hydrogen-bond acceptors (Lipinski definition) is 2. The molecule has 1 aliphatic heterocycles. The predicted molar refractivity (Wildman–Crippen MR) is 52.9 cm³/mol. The molecule has 1 fully saturated rings. The van der Waals surface area contributed by atoms with Crippen molar-refractivity contribution < 1.29 is 0 Å². The third-order valence-electron chi connectivity index (χ3n) is 2.58. The van der Waals surface area contributed by atoms with Crippen LogP contribution in [-0.2, 0) is 0 Å². The molecule has 66 valence electrons. The molecule has 0 radical (unpaired) electrons. The van der Waals surface area contributed by atoms with Crippen LogP contribution >= 0.6 is 11.8 Å². The van der Waals surface area contributed by atoms with Crippen molar-refractivity contribution in [3.63, 3.8) is 0 Å². The first-order chi connectivity index (χ1) is 5.02. The highest BCUT2D eigenvalue weighted by Gasteiger charge is 2.35. The van der Waals surface area contributed by atoms with Gasteiger partial charge in [-0.25, -0.2) is 0 Å². The predicted octanol–water partition coefficient (Wildman–Crippen LogP) is 2.26. The van der Waals surface area contributed by atoms with Crippen molar-refractivity contribution in [1.29, 1.82) is 0 Å². The summed E-state index contributed by atoms with van der Waals surface area (Å²) in [6.45, 7) is 6.80. The minimum atomic E-state index is 0.373. The first-order valence-electron chi connectivity index (χ1n) is 4.42. The van der Waals surface area contributed by atoms with Crippen molar-refractivity contribution in [2.75, 3.05) is 5.75 Å². The molecule has 11 heavy (non-hydrogen) atoms. The second kappa shape index (κ2) is 3.36. The Hall–Kier alpha value is 0.310. The highest BCUT2D eigenvalue weighted by molar-refractivity contribution is 8.00. The van der Waals surface area contributed by atoms with Crippen LogP contribution in [0.15, 0.2) is 0 Å². The van der Waals surface area contributed by atoms with Crippen LogP contribution in [0.3, 0.4) is 0 Å². The average Bonchev–Trinajstić information content (AvgIpc) is 2.10. The fraction of sp³-hybridized carbons (Fsp3) is 1.00. The topological polar surface area (TPSA) is 26.0 Å². The molecular formula is C9H19NS. The van der Waals surface area contributed by atoms with Gasteiger partial charge in [0, 0.05) is 10.8 Å². The van der Waals surface area contributed by atoms with Gasteiger partial charge in [0.2, 0.25) is 0 Å². The molecule has 1 nitrogen and oxygen atoms in total. The standard InChI is InChI=1S/C9H19NS/c1-7(10)6-8-4-5-11-9(8,2)3/h7-8H,4-6,10H2,1-3H3/t7-,8?/m0/s1. The molecule has 1 rings (SSSR count). The first-order valence-corrected chi connectivity index (χ1v) is 5.40. The number of rotatable bonds is 2. The molecule has 0 saturated carbocycles. The van der Waals surface area contributed by atoms with E-state index in [1.807, 2.05) is 0 Å².